The van der Waals surface area contributed by atoms with Crippen molar-refractivity contribution in [1.29, 1.82) is 0 Å². The van der Waals surface area contributed by atoms with Gasteiger partial charge in [0.15, 0.2) is 0 Å². The fourth-order valence-corrected chi connectivity index (χ4v) is 2.61. The van der Waals surface area contributed by atoms with Gasteiger partial charge in [-0.05, 0) is 41.2 Å². The molecule has 0 aromatic heterocycles. The van der Waals surface area contributed by atoms with E-state index in [1.807, 2.05) is 60.7 Å². The van der Waals surface area contributed by atoms with Crippen LogP contribution in [0.4, 0.5) is 0 Å². The summed E-state index contributed by atoms with van der Waals surface area (Å²) in [7, 11) is 0. The Morgan fingerprint density at radius 2 is 1.24 bits per heavy atom. The molecular formula is C29H32. The summed E-state index contributed by atoms with van der Waals surface area (Å²) < 4.78 is 0. The number of hydrogen-bond donors (Lipinski definition) is 0. The van der Waals surface area contributed by atoms with Crippen molar-refractivity contribution in [3.63, 3.8) is 0 Å². The van der Waals surface area contributed by atoms with Crippen LogP contribution in [0, 0.1) is 6.92 Å². The Morgan fingerprint density at radius 3 is 1.72 bits per heavy atom. The maximum Gasteiger partial charge on any atom is -0.0231 e. The van der Waals surface area contributed by atoms with Crippen LogP contribution in [0.25, 0.3) is 18.2 Å². The second kappa shape index (κ2) is 14.6. The second-order valence-electron chi connectivity index (χ2n) is 6.32. The lowest BCUT2D eigenvalue weighted by molar-refractivity contribution is 1.13. The summed E-state index contributed by atoms with van der Waals surface area (Å²) in [4.78, 5) is 0. The molecule has 0 radical (unpaired) electrons. The molecule has 0 saturated heterocycles. The maximum atomic E-state index is 3.74. The molecule has 0 aliphatic rings. The van der Waals surface area contributed by atoms with Gasteiger partial charge in [0.05, 0.1) is 0 Å². The van der Waals surface area contributed by atoms with Crippen LogP contribution >= 0.6 is 0 Å². The van der Waals surface area contributed by atoms with Gasteiger partial charge in [-0.25, -0.2) is 0 Å². The zero-order valence-electron chi connectivity index (χ0n) is 17.7. The highest BCUT2D eigenvalue weighted by atomic mass is 14.0. The lowest BCUT2D eigenvalue weighted by Crippen LogP contribution is -1.83. The molecule has 0 heteroatoms. The molecule has 0 fully saturated rings. The zero-order valence-corrected chi connectivity index (χ0v) is 17.7. The van der Waals surface area contributed by atoms with E-state index in [1.165, 1.54) is 27.8 Å². The topological polar surface area (TPSA) is 0 Å². The smallest absolute Gasteiger partial charge is 0.0231 e. The van der Waals surface area contributed by atoms with Gasteiger partial charge in [0, 0.05) is 0 Å². The second-order valence-corrected chi connectivity index (χ2v) is 6.32. The molecule has 0 atom stereocenters. The molecule has 0 aliphatic carbocycles. The number of hydrogen-bond acceptors (Lipinski definition) is 0. The lowest BCUT2D eigenvalue weighted by atomic mass is 10.1. The van der Waals surface area contributed by atoms with Gasteiger partial charge in [0.2, 0.25) is 0 Å². The molecule has 3 aromatic rings. The monoisotopic (exact) mass is 380 g/mol. The highest BCUT2D eigenvalue weighted by Gasteiger charge is 1.91. The van der Waals surface area contributed by atoms with Gasteiger partial charge in [0.1, 0.15) is 0 Å². The van der Waals surface area contributed by atoms with Crippen LogP contribution in [0.1, 0.15) is 34.7 Å². The van der Waals surface area contributed by atoms with Crippen LogP contribution in [0.15, 0.2) is 111 Å². The van der Waals surface area contributed by atoms with Gasteiger partial charge in [-0.2, -0.15) is 0 Å². The van der Waals surface area contributed by atoms with E-state index in [-0.39, 0.29) is 0 Å². The quantitative estimate of drug-likeness (QED) is 0.390. The third-order valence-electron chi connectivity index (χ3n) is 4.29. The summed E-state index contributed by atoms with van der Waals surface area (Å²) >= 11 is 0. The van der Waals surface area contributed by atoms with Crippen LogP contribution in [0.2, 0.25) is 0 Å². The van der Waals surface area contributed by atoms with Gasteiger partial charge >= 0.3 is 0 Å². The van der Waals surface area contributed by atoms with E-state index in [0.29, 0.717) is 0 Å². The summed E-state index contributed by atoms with van der Waals surface area (Å²) in [5, 5.41) is 0. The highest BCUT2D eigenvalue weighted by Crippen LogP contribution is 2.09. The van der Waals surface area contributed by atoms with E-state index >= 15 is 0 Å². The average molecular weight is 381 g/mol. The molecule has 0 unspecified atom stereocenters. The fraction of sp³-hybridized carbons (Fsp3) is 0.103. The minimum atomic E-state index is 1.09. The Balaban J connectivity index is 0.000000218. The van der Waals surface area contributed by atoms with Crippen LogP contribution in [0.3, 0.4) is 0 Å². The van der Waals surface area contributed by atoms with E-state index in [1.54, 1.807) is 6.08 Å². The molecule has 0 spiro atoms. The van der Waals surface area contributed by atoms with Crippen LogP contribution in [-0.4, -0.2) is 0 Å². The van der Waals surface area contributed by atoms with Crippen molar-refractivity contribution in [2.45, 2.75) is 20.3 Å². The van der Waals surface area contributed by atoms with Crippen molar-refractivity contribution < 1.29 is 0 Å². The molecule has 0 saturated carbocycles. The zero-order chi connectivity index (χ0) is 21.3. The molecule has 0 heterocycles. The van der Waals surface area contributed by atoms with Crippen molar-refractivity contribution in [1.82, 2.24) is 0 Å². The minimum Gasteiger partial charge on any atom is -0.0991 e. The molecule has 0 aliphatic heterocycles. The minimum absolute atomic E-state index is 1.09. The van der Waals surface area contributed by atoms with Gasteiger partial charge in [-0.1, -0.05) is 136 Å². The molecule has 3 rings (SSSR count). The van der Waals surface area contributed by atoms with Crippen molar-refractivity contribution in [2.75, 3.05) is 0 Å². The molecule has 29 heavy (non-hydrogen) atoms. The van der Waals surface area contributed by atoms with Crippen LogP contribution < -0.4 is 0 Å². The number of allylic oxidation sites excluding steroid dienone is 2. The molecule has 148 valence electrons. The summed E-state index contributed by atoms with van der Waals surface area (Å²) in [5.74, 6) is 0. The normalized spacial score (nSPS) is 9.45. The Morgan fingerprint density at radius 1 is 0.690 bits per heavy atom. The summed E-state index contributed by atoms with van der Waals surface area (Å²) in [6.45, 7) is 15.3. The first-order valence-electron chi connectivity index (χ1n) is 9.88. The van der Waals surface area contributed by atoms with E-state index in [0.717, 1.165) is 6.42 Å². The first-order chi connectivity index (χ1) is 14.2. The third kappa shape index (κ3) is 9.39. The van der Waals surface area contributed by atoms with Crippen LogP contribution in [-0.2, 0) is 6.42 Å². The van der Waals surface area contributed by atoms with Gasteiger partial charge in [0.25, 0.3) is 0 Å². The standard InChI is InChI=1S/C10H12.C10H10.C9H10/c1-3-9-7-5-6-8-10(9)4-2;1-2-3-7-10-8-5-4-6-9-10;1-3-9-7-5-4-6-8(9)2/h3,5-8H,1,4H2,2H3;2-9H,1H2;3-7H,1H2,2H3. The third-order valence-corrected chi connectivity index (χ3v) is 4.29. The SMILES string of the molecule is C=CC=Cc1ccccc1.C=Cc1ccccc1C.C=Cc1ccccc1CC. The number of aryl methyl sites for hydroxylation is 2. The average Bonchev–Trinajstić information content (AvgIpc) is 2.79. The molecule has 3 aromatic carbocycles. The van der Waals surface area contributed by atoms with E-state index in [2.05, 4.69) is 76.0 Å². The molecule has 0 nitrogen and oxygen atoms in total. The molecule has 0 N–H and O–H groups in total. The van der Waals surface area contributed by atoms with Crippen molar-refractivity contribution >= 4 is 18.2 Å². The largest absolute Gasteiger partial charge is 0.0991 e. The van der Waals surface area contributed by atoms with E-state index < -0.39 is 0 Å². The predicted molar refractivity (Wildman–Crippen MR) is 133 cm³/mol. The Labute approximate surface area is 177 Å². The number of rotatable bonds is 5. The predicted octanol–water partition coefficient (Wildman–Crippen LogP) is 8.42. The molecule has 0 amide bonds. The summed E-state index contributed by atoms with van der Waals surface area (Å²) in [6, 6.07) is 26.7. The Kier molecular flexibility index (Phi) is 12.0. The first-order valence-corrected chi connectivity index (χ1v) is 9.88. The van der Waals surface area contributed by atoms with Gasteiger partial charge < -0.3 is 0 Å². The number of benzene rings is 3. The summed E-state index contributed by atoms with van der Waals surface area (Å²) in [6.07, 6.45) is 10.6. The Bertz CT molecular complexity index is 898. The van der Waals surface area contributed by atoms with Crippen LogP contribution in [0.5, 0.6) is 0 Å². The fourth-order valence-electron chi connectivity index (χ4n) is 2.61. The van der Waals surface area contributed by atoms with Gasteiger partial charge in [-0.15, -0.1) is 0 Å². The summed E-state index contributed by atoms with van der Waals surface area (Å²) in [5.41, 5.74) is 6.34. The molecule has 0 bridgehead atoms. The van der Waals surface area contributed by atoms with Crippen molar-refractivity contribution in [3.05, 3.63) is 139 Å². The van der Waals surface area contributed by atoms with E-state index in [4.69, 9.17) is 0 Å². The Hall–Kier alpha value is -3.38. The van der Waals surface area contributed by atoms with Crippen molar-refractivity contribution in [3.8, 4) is 0 Å². The molecular weight excluding hydrogens is 348 g/mol. The maximum absolute atomic E-state index is 3.74. The first kappa shape index (κ1) is 23.7. The highest BCUT2D eigenvalue weighted by molar-refractivity contribution is 5.52. The van der Waals surface area contributed by atoms with E-state index in [9.17, 15) is 0 Å². The lowest BCUT2D eigenvalue weighted by Gasteiger charge is -1.99. The van der Waals surface area contributed by atoms with Gasteiger partial charge in [-0.3, -0.25) is 0 Å². The van der Waals surface area contributed by atoms with Crippen molar-refractivity contribution in [2.24, 2.45) is 0 Å².